The van der Waals surface area contributed by atoms with Gasteiger partial charge in [-0.05, 0) is 43.1 Å². The van der Waals surface area contributed by atoms with Crippen molar-refractivity contribution in [1.82, 2.24) is 20.0 Å². The minimum Gasteiger partial charge on any atom is -0.369 e. The van der Waals surface area contributed by atoms with Crippen LogP contribution in [0.3, 0.4) is 0 Å². The number of anilines is 1. The van der Waals surface area contributed by atoms with Crippen molar-refractivity contribution >= 4 is 33.3 Å². The third-order valence-corrected chi connectivity index (χ3v) is 7.29. The topological polar surface area (TPSA) is 84.2 Å². The van der Waals surface area contributed by atoms with E-state index in [1.54, 1.807) is 24.3 Å². The van der Waals surface area contributed by atoms with Gasteiger partial charge >= 0.3 is 0 Å². The summed E-state index contributed by atoms with van der Waals surface area (Å²) in [5, 5.41) is 8.39. The Balaban J connectivity index is 1.37. The Kier molecular flexibility index (Phi) is 4.58. The highest BCUT2D eigenvalue weighted by molar-refractivity contribution is 7.20. The summed E-state index contributed by atoms with van der Waals surface area (Å²) < 4.78 is 4.86. The van der Waals surface area contributed by atoms with Crippen LogP contribution in [0.4, 0.5) is 5.82 Å². The monoisotopic (exact) mass is 409 g/mol. The summed E-state index contributed by atoms with van der Waals surface area (Å²) in [4.78, 5) is 25.1. The van der Waals surface area contributed by atoms with Crippen molar-refractivity contribution in [3.05, 3.63) is 46.9 Å². The van der Waals surface area contributed by atoms with Crippen molar-refractivity contribution < 1.29 is 9.32 Å². The molecule has 3 heterocycles. The van der Waals surface area contributed by atoms with Crippen LogP contribution in [0, 0.1) is 24.7 Å². The van der Waals surface area contributed by atoms with Crippen molar-refractivity contribution in [3.8, 4) is 0 Å². The number of rotatable bonds is 6. The molecule has 0 aliphatic heterocycles. The summed E-state index contributed by atoms with van der Waals surface area (Å²) in [6.07, 6.45) is 10.4. The lowest BCUT2D eigenvalue weighted by molar-refractivity contribution is 0.0786. The molecular formula is C21H23N5O2S. The Morgan fingerprint density at radius 2 is 2.24 bits per heavy atom. The third-order valence-electron chi connectivity index (χ3n) is 6.11. The normalized spacial score (nSPS) is 22.5. The van der Waals surface area contributed by atoms with E-state index in [-0.39, 0.29) is 5.91 Å². The lowest BCUT2D eigenvalue weighted by Gasteiger charge is -2.19. The number of fused-ring (bicyclic) bond motifs is 3. The maximum absolute atomic E-state index is 13.0. The summed E-state index contributed by atoms with van der Waals surface area (Å²) in [5.41, 5.74) is 1.65. The first kappa shape index (κ1) is 18.3. The van der Waals surface area contributed by atoms with Crippen molar-refractivity contribution in [3.63, 3.8) is 0 Å². The van der Waals surface area contributed by atoms with Gasteiger partial charge in [-0.25, -0.2) is 9.97 Å². The molecule has 150 valence electrons. The highest BCUT2D eigenvalue weighted by Gasteiger charge is 2.35. The number of amides is 1. The van der Waals surface area contributed by atoms with Crippen LogP contribution < -0.4 is 5.32 Å². The second-order valence-electron chi connectivity index (χ2n) is 8.03. The summed E-state index contributed by atoms with van der Waals surface area (Å²) in [6, 6.07) is 1.76. The molecule has 2 aliphatic rings. The molecule has 1 N–H and O–H groups in total. The van der Waals surface area contributed by atoms with E-state index in [1.807, 2.05) is 6.92 Å². The number of aryl methyl sites for hydroxylation is 1. The number of carbonyl (C=O) groups is 1. The molecule has 1 fully saturated rings. The van der Waals surface area contributed by atoms with Gasteiger partial charge in [0.05, 0.1) is 16.8 Å². The lowest BCUT2D eigenvalue weighted by atomic mass is 9.93. The molecule has 2 bridgehead atoms. The van der Waals surface area contributed by atoms with E-state index >= 15 is 0 Å². The Morgan fingerprint density at radius 1 is 1.34 bits per heavy atom. The summed E-state index contributed by atoms with van der Waals surface area (Å²) >= 11 is 1.42. The van der Waals surface area contributed by atoms with Gasteiger partial charge in [0.1, 0.15) is 28.9 Å². The number of hydrogen-bond acceptors (Lipinski definition) is 7. The van der Waals surface area contributed by atoms with E-state index in [4.69, 9.17) is 4.52 Å². The van der Waals surface area contributed by atoms with Crippen LogP contribution in [0.25, 0.3) is 10.2 Å². The van der Waals surface area contributed by atoms with Crippen LogP contribution in [0.15, 0.2) is 35.3 Å². The van der Waals surface area contributed by atoms with Gasteiger partial charge in [0.15, 0.2) is 0 Å². The molecule has 2 aliphatic carbocycles. The number of nitrogens with one attached hydrogen (secondary N) is 1. The van der Waals surface area contributed by atoms with E-state index in [1.165, 1.54) is 30.4 Å². The minimum absolute atomic E-state index is 0.0438. The van der Waals surface area contributed by atoms with Gasteiger partial charge in [-0.15, -0.1) is 11.3 Å². The number of thiophene rings is 1. The van der Waals surface area contributed by atoms with Gasteiger partial charge in [-0.2, -0.15) is 0 Å². The summed E-state index contributed by atoms with van der Waals surface area (Å²) in [6.45, 7) is 3.28. The fourth-order valence-corrected chi connectivity index (χ4v) is 5.72. The van der Waals surface area contributed by atoms with Crippen LogP contribution >= 0.6 is 11.3 Å². The molecular weight excluding hydrogens is 386 g/mol. The molecule has 0 saturated heterocycles. The molecule has 1 saturated carbocycles. The average molecular weight is 410 g/mol. The van der Waals surface area contributed by atoms with Crippen LogP contribution in [0.1, 0.15) is 33.8 Å². The van der Waals surface area contributed by atoms with Crippen LogP contribution in [0.2, 0.25) is 0 Å². The molecule has 5 rings (SSSR count). The first-order valence-electron chi connectivity index (χ1n) is 9.91. The molecule has 29 heavy (non-hydrogen) atoms. The maximum Gasteiger partial charge on any atom is 0.264 e. The first-order valence-corrected chi connectivity index (χ1v) is 10.7. The van der Waals surface area contributed by atoms with Gasteiger partial charge < -0.3 is 14.7 Å². The van der Waals surface area contributed by atoms with E-state index in [0.29, 0.717) is 23.3 Å². The molecule has 1 amide bonds. The predicted octanol–water partition coefficient (Wildman–Crippen LogP) is 3.88. The van der Waals surface area contributed by atoms with Crippen molar-refractivity contribution in [1.29, 1.82) is 0 Å². The van der Waals surface area contributed by atoms with Gasteiger partial charge in [0.25, 0.3) is 5.91 Å². The number of allylic oxidation sites excluding steroid dienone is 2. The average Bonchev–Trinajstić information content (AvgIpc) is 3.51. The smallest absolute Gasteiger partial charge is 0.264 e. The van der Waals surface area contributed by atoms with Crippen LogP contribution in [0.5, 0.6) is 0 Å². The quantitative estimate of drug-likeness (QED) is 0.622. The van der Waals surface area contributed by atoms with Crippen molar-refractivity contribution in [2.75, 3.05) is 18.9 Å². The largest absolute Gasteiger partial charge is 0.369 e. The molecule has 3 aromatic rings. The fourth-order valence-electron chi connectivity index (χ4n) is 4.57. The van der Waals surface area contributed by atoms with E-state index in [9.17, 15) is 4.79 Å². The predicted molar refractivity (Wildman–Crippen MR) is 112 cm³/mol. The van der Waals surface area contributed by atoms with E-state index in [2.05, 4.69) is 32.6 Å². The second kappa shape index (κ2) is 7.26. The molecule has 0 spiro atoms. The molecule has 7 nitrogen and oxygen atoms in total. The molecule has 0 unspecified atom stereocenters. The van der Waals surface area contributed by atoms with E-state index in [0.717, 1.165) is 39.8 Å². The third kappa shape index (κ3) is 3.31. The van der Waals surface area contributed by atoms with Crippen LogP contribution in [-0.2, 0) is 6.54 Å². The number of hydrogen-bond donors (Lipinski definition) is 1. The van der Waals surface area contributed by atoms with Gasteiger partial charge in [0.2, 0.25) is 0 Å². The zero-order valence-corrected chi connectivity index (χ0v) is 17.3. The molecule has 0 aromatic carbocycles. The Morgan fingerprint density at radius 3 is 2.97 bits per heavy atom. The summed E-state index contributed by atoms with van der Waals surface area (Å²) in [5.74, 6) is 2.88. The Bertz CT molecular complexity index is 1070. The Labute approximate surface area is 172 Å². The van der Waals surface area contributed by atoms with Crippen molar-refractivity contribution in [2.24, 2.45) is 17.8 Å². The Hall–Kier alpha value is -2.74. The lowest BCUT2D eigenvalue weighted by Crippen LogP contribution is -2.26. The zero-order valence-electron chi connectivity index (χ0n) is 16.5. The first-order chi connectivity index (χ1) is 14.1. The standard InChI is InChI=1S/C21H23N5O2S/c1-12-17-19(22-9-15-8-13-3-4-14(15)7-13)23-11-24-20(17)29-18(12)21(27)26(2)10-16-5-6-28-25-16/h3-6,11,13-15H,7-10H2,1-2H3,(H,22,23,24)/t13-,14+,15-/m1/s1. The molecule has 8 heteroatoms. The molecule has 0 radical (unpaired) electrons. The maximum atomic E-state index is 13.0. The zero-order chi connectivity index (χ0) is 20.0. The highest BCUT2D eigenvalue weighted by atomic mass is 32.1. The minimum atomic E-state index is -0.0438. The van der Waals surface area contributed by atoms with Gasteiger partial charge in [-0.3, -0.25) is 4.79 Å². The second-order valence-corrected chi connectivity index (χ2v) is 9.03. The fraction of sp³-hybridized carbons (Fsp3) is 0.429. The highest BCUT2D eigenvalue weighted by Crippen LogP contribution is 2.43. The number of carbonyl (C=O) groups excluding carboxylic acids is 1. The van der Waals surface area contributed by atoms with E-state index < -0.39 is 0 Å². The van der Waals surface area contributed by atoms with Crippen molar-refractivity contribution in [2.45, 2.75) is 26.3 Å². The molecule has 3 atom stereocenters. The van der Waals surface area contributed by atoms with Gasteiger partial charge in [-0.1, -0.05) is 17.3 Å². The number of nitrogens with zero attached hydrogens (tertiary/aromatic N) is 4. The SMILES string of the molecule is Cc1c(C(=O)N(C)Cc2ccon2)sc2ncnc(NC[C@H]3C[C@@H]4C=C[C@H]3C4)c12. The number of aromatic nitrogens is 3. The van der Waals surface area contributed by atoms with Gasteiger partial charge in [0, 0.05) is 19.7 Å². The van der Waals surface area contributed by atoms with Crippen LogP contribution in [-0.4, -0.2) is 39.5 Å². The summed E-state index contributed by atoms with van der Waals surface area (Å²) in [7, 11) is 1.77. The molecule has 3 aromatic heterocycles.